The Balaban J connectivity index is 1.53. The van der Waals surface area contributed by atoms with Gasteiger partial charge in [0.05, 0.1) is 44.7 Å². The summed E-state index contributed by atoms with van der Waals surface area (Å²) in [6.07, 6.45) is 0. The van der Waals surface area contributed by atoms with E-state index in [-0.39, 0.29) is 30.7 Å². The van der Waals surface area contributed by atoms with Crippen molar-refractivity contribution in [2.75, 3.05) is 59.9 Å². The van der Waals surface area contributed by atoms with Crippen molar-refractivity contribution in [2.24, 2.45) is 5.73 Å². The molecule has 188 valence electrons. The van der Waals surface area contributed by atoms with Gasteiger partial charge in [-0.25, -0.2) is 13.1 Å². The molecule has 11 heteroatoms. The molecule has 0 saturated carbocycles. The highest BCUT2D eigenvalue weighted by Gasteiger charge is 2.27. The Labute approximate surface area is 211 Å². The van der Waals surface area contributed by atoms with Crippen LogP contribution in [0.25, 0.3) is 0 Å². The van der Waals surface area contributed by atoms with Crippen molar-refractivity contribution >= 4 is 33.2 Å². The van der Waals surface area contributed by atoms with E-state index in [4.69, 9.17) is 43.1 Å². The maximum atomic E-state index is 12.6. The van der Waals surface area contributed by atoms with Crippen molar-refractivity contribution in [3.8, 4) is 0 Å². The predicted octanol–water partition coefficient (Wildman–Crippen LogP) is 2.82. The molecule has 3 rings (SSSR count). The van der Waals surface area contributed by atoms with Crippen molar-refractivity contribution < 1.29 is 22.6 Å². The Hall–Kier alpha value is -1.27. The van der Waals surface area contributed by atoms with Gasteiger partial charge in [-0.3, -0.25) is 0 Å². The Kier molecular flexibility index (Phi) is 10.6. The first-order valence-electron chi connectivity index (χ1n) is 11.0. The van der Waals surface area contributed by atoms with E-state index in [1.165, 1.54) is 0 Å². The molecule has 0 saturated heterocycles. The third kappa shape index (κ3) is 7.61. The van der Waals surface area contributed by atoms with Crippen LogP contribution >= 0.6 is 23.2 Å². The zero-order valence-electron chi connectivity index (χ0n) is 19.1. The molecule has 1 aliphatic rings. The summed E-state index contributed by atoms with van der Waals surface area (Å²) in [6, 6.07) is 10.6. The van der Waals surface area contributed by atoms with Crippen molar-refractivity contribution in [3.05, 3.63) is 63.1 Å². The van der Waals surface area contributed by atoms with Crippen LogP contribution in [-0.2, 0) is 30.8 Å². The summed E-state index contributed by atoms with van der Waals surface area (Å²) in [7, 11) is -1.61. The molecule has 0 fully saturated rings. The first-order valence-corrected chi connectivity index (χ1v) is 13.2. The maximum Gasteiger partial charge on any atom is 0.240 e. The molecule has 34 heavy (non-hydrogen) atoms. The number of nitrogens with zero attached hydrogens (tertiary/aromatic N) is 1. The van der Waals surface area contributed by atoms with E-state index >= 15 is 0 Å². The largest absolute Gasteiger partial charge is 0.378 e. The van der Waals surface area contributed by atoms with Crippen molar-refractivity contribution in [2.45, 2.75) is 17.4 Å². The van der Waals surface area contributed by atoms with Crippen molar-refractivity contribution in [3.63, 3.8) is 0 Å². The highest BCUT2D eigenvalue weighted by Crippen LogP contribution is 2.38. The number of benzene rings is 2. The number of fused-ring (bicyclic) bond motifs is 1. The molecule has 1 atom stereocenters. The molecule has 8 nitrogen and oxygen atoms in total. The molecule has 0 spiro atoms. The molecular weight excluding hydrogens is 501 g/mol. The summed E-state index contributed by atoms with van der Waals surface area (Å²) in [5.74, 6) is 0.0483. The minimum Gasteiger partial charge on any atom is -0.378 e. The molecule has 0 aromatic heterocycles. The number of sulfonamides is 1. The Morgan fingerprint density at radius 1 is 1.03 bits per heavy atom. The van der Waals surface area contributed by atoms with Gasteiger partial charge in [0.2, 0.25) is 10.0 Å². The van der Waals surface area contributed by atoms with Crippen LogP contribution in [0.1, 0.15) is 22.6 Å². The van der Waals surface area contributed by atoms with Gasteiger partial charge in [0, 0.05) is 35.6 Å². The Morgan fingerprint density at radius 3 is 2.35 bits per heavy atom. The quantitative estimate of drug-likeness (QED) is 0.302. The molecule has 0 bridgehead atoms. The van der Waals surface area contributed by atoms with Crippen LogP contribution in [0.5, 0.6) is 0 Å². The van der Waals surface area contributed by atoms with Gasteiger partial charge in [0.25, 0.3) is 0 Å². The van der Waals surface area contributed by atoms with E-state index in [1.807, 2.05) is 25.2 Å². The summed E-state index contributed by atoms with van der Waals surface area (Å²) in [5.41, 5.74) is 8.34. The van der Waals surface area contributed by atoms with E-state index in [9.17, 15) is 8.42 Å². The number of rotatable bonds is 13. The van der Waals surface area contributed by atoms with E-state index in [2.05, 4.69) is 9.62 Å². The van der Waals surface area contributed by atoms with Gasteiger partial charge < -0.3 is 24.8 Å². The lowest BCUT2D eigenvalue weighted by Gasteiger charge is -2.33. The van der Waals surface area contributed by atoms with Gasteiger partial charge in [0.1, 0.15) is 0 Å². The van der Waals surface area contributed by atoms with E-state index < -0.39 is 10.0 Å². The zero-order valence-corrected chi connectivity index (χ0v) is 21.5. The number of nitrogens with one attached hydrogen (secondary N) is 1. The fourth-order valence-corrected chi connectivity index (χ4v) is 5.45. The van der Waals surface area contributed by atoms with Gasteiger partial charge in [-0.1, -0.05) is 35.3 Å². The third-order valence-corrected chi connectivity index (χ3v) is 7.52. The lowest BCUT2D eigenvalue weighted by Crippen LogP contribution is -2.31. The van der Waals surface area contributed by atoms with Crippen LogP contribution < -0.4 is 10.5 Å². The number of hydrogen-bond donors (Lipinski definition) is 2. The van der Waals surface area contributed by atoms with Crippen molar-refractivity contribution in [1.82, 2.24) is 9.62 Å². The highest BCUT2D eigenvalue weighted by atomic mass is 35.5. The summed E-state index contributed by atoms with van der Waals surface area (Å²) in [5, 5.41) is 1.24. The van der Waals surface area contributed by atoms with Gasteiger partial charge in [-0.2, -0.15) is 0 Å². The molecular formula is C23H31Cl2N3O5S. The Morgan fingerprint density at radius 2 is 1.68 bits per heavy atom. The fourth-order valence-electron chi connectivity index (χ4n) is 3.86. The van der Waals surface area contributed by atoms with Gasteiger partial charge >= 0.3 is 0 Å². The topological polar surface area (TPSA) is 103 Å². The average molecular weight is 532 g/mol. The molecule has 2 aromatic carbocycles. The highest BCUT2D eigenvalue weighted by molar-refractivity contribution is 7.89. The predicted molar refractivity (Wildman–Crippen MR) is 133 cm³/mol. The van der Waals surface area contributed by atoms with Crippen LogP contribution in [0.4, 0.5) is 0 Å². The lowest BCUT2D eigenvalue weighted by molar-refractivity contribution is 0.0168. The van der Waals surface area contributed by atoms with Crippen LogP contribution in [0.3, 0.4) is 0 Å². The summed E-state index contributed by atoms with van der Waals surface area (Å²) < 4.78 is 43.5. The minimum atomic E-state index is -3.64. The van der Waals surface area contributed by atoms with E-state index in [1.54, 1.807) is 18.2 Å². The van der Waals surface area contributed by atoms with Crippen LogP contribution in [-0.4, -0.2) is 73.2 Å². The van der Waals surface area contributed by atoms with Gasteiger partial charge in [-0.05, 0) is 48.0 Å². The van der Waals surface area contributed by atoms with Crippen molar-refractivity contribution in [1.29, 1.82) is 0 Å². The van der Waals surface area contributed by atoms with Crippen LogP contribution in [0.2, 0.25) is 10.0 Å². The average Bonchev–Trinajstić information content (AvgIpc) is 2.80. The number of halogens is 2. The maximum absolute atomic E-state index is 12.6. The molecule has 0 aliphatic carbocycles. The minimum absolute atomic E-state index is 0.0483. The number of nitrogens with two attached hydrogens (primary N) is 1. The lowest BCUT2D eigenvalue weighted by atomic mass is 9.85. The molecule has 1 unspecified atom stereocenters. The summed E-state index contributed by atoms with van der Waals surface area (Å²) >= 11 is 12.7. The molecule has 3 N–H and O–H groups in total. The van der Waals surface area contributed by atoms with Crippen LogP contribution in [0.15, 0.2) is 41.3 Å². The standard InChI is InChI=1S/C23H31Cl2N3O5S/c1-28-14-21(20-12-18(24)13-23(25)22(20)15-28)17-2-4-19(5-3-17)34(29,30)27-6-7-31-8-9-32-10-11-33-16-26/h2-5,12-13,21,27H,6-11,14-16,26H2,1H3. The summed E-state index contributed by atoms with van der Waals surface area (Å²) in [4.78, 5) is 2.39. The SMILES string of the molecule is CN1Cc2c(Cl)cc(Cl)cc2C(c2ccc(S(=O)(=O)NCCOCCOCCOCN)cc2)C1. The van der Waals surface area contributed by atoms with Gasteiger partial charge in [0.15, 0.2) is 0 Å². The second-order valence-electron chi connectivity index (χ2n) is 7.97. The Bertz CT molecular complexity index is 1040. The van der Waals surface area contributed by atoms with Crippen LogP contribution in [0, 0.1) is 0 Å². The molecule has 1 heterocycles. The smallest absolute Gasteiger partial charge is 0.240 e. The summed E-state index contributed by atoms with van der Waals surface area (Å²) in [6.45, 7) is 3.74. The first kappa shape index (κ1) is 27.3. The number of likely N-dealkylation sites (N-methyl/N-ethyl adjacent to an activating group) is 1. The molecule has 0 radical (unpaired) electrons. The fraction of sp³-hybridized carbons (Fsp3) is 0.478. The second kappa shape index (κ2) is 13.2. The second-order valence-corrected chi connectivity index (χ2v) is 10.6. The monoisotopic (exact) mass is 531 g/mol. The van der Waals surface area contributed by atoms with Gasteiger partial charge in [-0.15, -0.1) is 0 Å². The number of hydrogen-bond acceptors (Lipinski definition) is 7. The third-order valence-electron chi connectivity index (χ3n) is 5.49. The van der Waals surface area contributed by atoms with E-state index in [0.29, 0.717) is 36.5 Å². The molecule has 2 aromatic rings. The first-order chi connectivity index (χ1) is 16.3. The zero-order chi connectivity index (χ0) is 24.6. The molecule has 1 aliphatic heterocycles. The molecule has 0 amide bonds. The normalized spacial score (nSPS) is 16.5. The van der Waals surface area contributed by atoms with E-state index in [0.717, 1.165) is 29.8 Å². The number of ether oxygens (including phenoxy) is 3.